The Bertz CT molecular complexity index is 230. The maximum atomic E-state index is 11.5. The van der Waals surface area contributed by atoms with Crippen LogP contribution in [0, 0.1) is 0 Å². The number of imide groups is 1. The zero-order valence-corrected chi connectivity index (χ0v) is 7.75. The molecule has 1 aliphatic carbocycles. The van der Waals surface area contributed by atoms with Crippen molar-refractivity contribution in [3.8, 4) is 0 Å². The lowest BCUT2D eigenvalue weighted by atomic mass is 10.1. The van der Waals surface area contributed by atoms with Crippen LogP contribution in [0.3, 0.4) is 0 Å². The first-order valence-electron chi connectivity index (χ1n) is 4.85. The van der Waals surface area contributed by atoms with Crippen LogP contribution in [0.15, 0.2) is 0 Å². The second-order valence-corrected chi connectivity index (χ2v) is 3.75. The molecule has 2 rings (SSSR count). The van der Waals surface area contributed by atoms with E-state index in [2.05, 4.69) is 5.32 Å². The number of hydrogen-bond acceptors (Lipinski definition) is 2. The fourth-order valence-electron chi connectivity index (χ4n) is 1.67. The molecule has 0 aromatic carbocycles. The Morgan fingerprint density at radius 1 is 1.46 bits per heavy atom. The normalized spacial score (nSPS) is 29.0. The monoisotopic (exact) mass is 182 g/mol. The highest BCUT2D eigenvalue weighted by Crippen LogP contribution is 2.29. The first-order valence-corrected chi connectivity index (χ1v) is 4.85. The Labute approximate surface area is 77.3 Å². The minimum absolute atomic E-state index is 0.00176. The number of nitrogens with one attached hydrogen (secondary N) is 1. The van der Waals surface area contributed by atoms with Crippen LogP contribution in [0.2, 0.25) is 0 Å². The zero-order chi connectivity index (χ0) is 9.42. The molecule has 2 aliphatic rings. The van der Waals surface area contributed by atoms with Crippen molar-refractivity contribution in [2.75, 3.05) is 0 Å². The van der Waals surface area contributed by atoms with Crippen LogP contribution in [-0.4, -0.2) is 28.9 Å². The van der Waals surface area contributed by atoms with E-state index >= 15 is 0 Å². The third-order valence-electron chi connectivity index (χ3n) is 2.64. The van der Waals surface area contributed by atoms with Crippen molar-refractivity contribution in [1.82, 2.24) is 10.2 Å². The molecule has 1 saturated heterocycles. The van der Waals surface area contributed by atoms with Gasteiger partial charge in [0.1, 0.15) is 0 Å². The Hall–Kier alpha value is -1.06. The quantitative estimate of drug-likeness (QED) is 0.688. The first kappa shape index (κ1) is 8.53. The van der Waals surface area contributed by atoms with E-state index in [1.807, 2.05) is 6.92 Å². The van der Waals surface area contributed by atoms with Crippen molar-refractivity contribution < 1.29 is 9.59 Å². The lowest BCUT2D eigenvalue weighted by Gasteiger charge is -2.30. The molecule has 1 saturated carbocycles. The molecule has 0 bridgehead atoms. The lowest BCUT2D eigenvalue weighted by molar-refractivity contribution is -0.130. The SMILES string of the molecule is CCC1CC(=O)N(C2CC2)C(=O)N1. The van der Waals surface area contributed by atoms with Crippen LogP contribution in [0.4, 0.5) is 4.79 Å². The molecule has 0 aromatic heterocycles. The molecule has 1 unspecified atom stereocenters. The summed E-state index contributed by atoms with van der Waals surface area (Å²) in [4.78, 5) is 24.4. The average molecular weight is 182 g/mol. The highest BCUT2D eigenvalue weighted by molar-refractivity contribution is 5.98. The first-order chi connectivity index (χ1) is 6.22. The van der Waals surface area contributed by atoms with E-state index in [0.717, 1.165) is 19.3 Å². The van der Waals surface area contributed by atoms with Gasteiger partial charge in [-0.05, 0) is 19.3 Å². The second kappa shape index (κ2) is 3.01. The number of nitrogens with zero attached hydrogens (tertiary/aromatic N) is 1. The molecule has 0 spiro atoms. The van der Waals surface area contributed by atoms with E-state index in [4.69, 9.17) is 0 Å². The average Bonchev–Trinajstić information content (AvgIpc) is 2.87. The molecular weight excluding hydrogens is 168 g/mol. The number of urea groups is 1. The van der Waals surface area contributed by atoms with Gasteiger partial charge in [-0.2, -0.15) is 0 Å². The third kappa shape index (κ3) is 1.53. The van der Waals surface area contributed by atoms with Crippen molar-refractivity contribution >= 4 is 11.9 Å². The molecule has 72 valence electrons. The molecule has 13 heavy (non-hydrogen) atoms. The van der Waals surface area contributed by atoms with Crippen LogP contribution in [0.1, 0.15) is 32.6 Å². The van der Waals surface area contributed by atoms with E-state index in [-0.39, 0.29) is 24.0 Å². The van der Waals surface area contributed by atoms with Gasteiger partial charge < -0.3 is 5.32 Å². The summed E-state index contributed by atoms with van der Waals surface area (Å²) >= 11 is 0. The van der Waals surface area contributed by atoms with Gasteiger partial charge in [-0.25, -0.2) is 4.79 Å². The summed E-state index contributed by atoms with van der Waals surface area (Å²) in [6.45, 7) is 1.98. The molecule has 3 amide bonds. The number of carbonyl (C=O) groups is 2. The minimum atomic E-state index is -0.189. The summed E-state index contributed by atoms with van der Waals surface area (Å²) in [5.41, 5.74) is 0. The zero-order valence-electron chi connectivity index (χ0n) is 7.75. The predicted molar refractivity (Wildman–Crippen MR) is 47.1 cm³/mol. The van der Waals surface area contributed by atoms with Crippen molar-refractivity contribution in [3.05, 3.63) is 0 Å². The van der Waals surface area contributed by atoms with Gasteiger partial charge >= 0.3 is 6.03 Å². The van der Waals surface area contributed by atoms with Crippen molar-refractivity contribution in [3.63, 3.8) is 0 Å². The number of rotatable bonds is 2. The van der Waals surface area contributed by atoms with Gasteiger partial charge in [-0.3, -0.25) is 9.69 Å². The van der Waals surface area contributed by atoms with Gasteiger partial charge in [0.05, 0.1) is 0 Å². The summed E-state index contributed by atoms with van der Waals surface area (Å²) in [6.07, 6.45) is 3.26. The molecule has 2 fully saturated rings. The van der Waals surface area contributed by atoms with Gasteiger partial charge in [0, 0.05) is 18.5 Å². The molecule has 1 atom stereocenters. The Kier molecular flexibility index (Phi) is 1.98. The summed E-state index contributed by atoms with van der Waals surface area (Å²) in [7, 11) is 0. The van der Waals surface area contributed by atoms with Gasteiger partial charge in [0.2, 0.25) is 5.91 Å². The fourth-order valence-corrected chi connectivity index (χ4v) is 1.67. The fraction of sp³-hybridized carbons (Fsp3) is 0.778. The van der Waals surface area contributed by atoms with E-state index < -0.39 is 0 Å². The van der Waals surface area contributed by atoms with Crippen molar-refractivity contribution in [1.29, 1.82) is 0 Å². The number of amides is 3. The molecule has 1 heterocycles. The number of hydrogen-bond donors (Lipinski definition) is 1. The molecule has 4 nitrogen and oxygen atoms in total. The summed E-state index contributed by atoms with van der Waals surface area (Å²) in [6, 6.07) is 0.0610. The molecule has 0 radical (unpaired) electrons. The molecule has 0 aromatic rings. The smallest absolute Gasteiger partial charge is 0.324 e. The van der Waals surface area contributed by atoms with Gasteiger partial charge in [0.15, 0.2) is 0 Å². The van der Waals surface area contributed by atoms with Gasteiger partial charge in [-0.1, -0.05) is 6.92 Å². The standard InChI is InChI=1S/C9H14N2O2/c1-2-6-5-8(12)11(7-3-4-7)9(13)10-6/h6-7H,2-5H2,1H3,(H,10,13). The van der Waals surface area contributed by atoms with Crippen molar-refractivity contribution in [2.45, 2.75) is 44.7 Å². The van der Waals surface area contributed by atoms with Crippen LogP contribution < -0.4 is 5.32 Å². The topological polar surface area (TPSA) is 49.4 Å². The summed E-state index contributed by atoms with van der Waals surface area (Å²) in [5.74, 6) is -0.00176. The molecular formula is C9H14N2O2. The minimum Gasteiger partial charge on any atom is -0.334 e. The maximum Gasteiger partial charge on any atom is 0.324 e. The van der Waals surface area contributed by atoms with E-state index in [9.17, 15) is 9.59 Å². The summed E-state index contributed by atoms with van der Waals surface area (Å²) < 4.78 is 0. The summed E-state index contributed by atoms with van der Waals surface area (Å²) in [5, 5.41) is 2.83. The molecule has 1 aliphatic heterocycles. The Morgan fingerprint density at radius 3 is 2.62 bits per heavy atom. The molecule has 4 heteroatoms. The van der Waals surface area contributed by atoms with Crippen LogP contribution in [0.5, 0.6) is 0 Å². The van der Waals surface area contributed by atoms with E-state index in [1.165, 1.54) is 4.90 Å². The Morgan fingerprint density at radius 2 is 2.15 bits per heavy atom. The van der Waals surface area contributed by atoms with Gasteiger partial charge in [-0.15, -0.1) is 0 Å². The maximum absolute atomic E-state index is 11.5. The lowest BCUT2D eigenvalue weighted by Crippen LogP contribution is -2.55. The molecule has 1 N–H and O–H groups in total. The predicted octanol–water partition coefficient (Wildman–Crippen LogP) is 0.869. The highest BCUT2D eigenvalue weighted by atomic mass is 16.2. The largest absolute Gasteiger partial charge is 0.334 e. The van der Waals surface area contributed by atoms with Crippen molar-refractivity contribution in [2.24, 2.45) is 0 Å². The highest BCUT2D eigenvalue weighted by Gasteiger charge is 2.40. The number of carbonyl (C=O) groups excluding carboxylic acids is 2. The van der Waals surface area contributed by atoms with Crippen LogP contribution in [0.25, 0.3) is 0 Å². The van der Waals surface area contributed by atoms with Crippen LogP contribution >= 0.6 is 0 Å². The second-order valence-electron chi connectivity index (χ2n) is 3.75. The van der Waals surface area contributed by atoms with Crippen LogP contribution in [-0.2, 0) is 4.79 Å². The van der Waals surface area contributed by atoms with E-state index in [0.29, 0.717) is 6.42 Å². The van der Waals surface area contributed by atoms with E-state index in [1.54, 1.807) is 0 Å². The third-order valence-corrected chi connectivity index (χ3v) is 2.64. The van der Waals surface area contributed by atoms with Gasteiger partial charge in [0.25, 0.3) is 0 Å². The Balaban J connectivity index is 2.05.